The van der Waals surface area contributed by atoms with Crippen LogP contribution in [0.3, 0.4) is 0 Å². The summed E-state index contributed by atoms with van der Waals surface area (Å²) in [5, 5.41) is 9.60. The minimum atomic E-state index is -0.974. The molecule has 0 atom stereocenters. The van der Waals surface area contributed by atoms with Crippen molar-refractivity contribution in [1.82, 2.24) is 4.90 Å². The highest BCUT2D eigenvalue weighted by molar-refractivity contribution is 8.18. The molecule has 3 aromatic rings. The maximum Gasteiger partial charge on any atom is 0.335 e. The molecule has 1 amide bonds. The third-order valence-corrected chi connectivity index (χ3v) is 6.44. The lowest BCUT2D eigenvalue weighted by Gasteiger charge is -2.12. The summed E-state index contributed by atoms with van der Waals surface area (Å²) in [6.45, 7) is 0.251. The van der Waals surface area contributed by atoms with Crippen LogP contribution < -0.4 is 14.2 Å². The van der Waals surface area contributed by atoms with Crippen LogP contribution in [0.25, 0.3) is 6.08 Å². The molecule has 8 nitrogen and oxygen atoms in total. The summed E-state index contributed by atoms with van der Waals surface area (Å²) < 4.78 is 16.5. The molecule has 3 aromatic carbocycles. The van der Waals surface area contributed by atoms with E-state index in [2.05, 4.69) is 4.99 Å². The van der Waals surface area contributed by atoms with E-state index < -0.39 is 5.97 Å². The summed E-state index contributed by atoms with van der Waals surface area (Å²) in [6, 6.07) is 19.2. The van der Waals surface area contributed by atoms with Crippen LogP contribution in [0.5, 0.6) is 17.2 Å². The Morgan fingerprint density at radius 1 is 1.00 bits per heavy atom. The molecular weight excluding hydrogens is 480 g/mol. The highest BCUT2D eigenvalue weighted by atomic mass is 32.2. The van der Waals surface area contributed by atoms with Gasteiger partial charge in [-0.05, 0) is 77.5 Å². The number of rotatable bonds is 8. The number of aromatic carboxylic acids is 1. The van der Waals surface area contributed by atoms with E-state index in [-0.39, 0.29) is 18.1 Å². The Morgan fingerprint density at radius 2 is 1.72 bits per heavy atom. The second-order valence-corrected chi connectivity index (χ2v) is 8.78. The normalized spacial score (nSPS) is 15.4. The van der Waals surface area contributed by atoms with Crippen molar-refractivity contribution in [2.45, 2.75) is 6.61 Å². The van der Waals surface area contributed by atoms with Crippen molar-refractivity contribution in [1.29, 1.82) is 0 Å². The van der Waals surface area contributed by atoms with Gasteiger partial charge in [-0.3, -0.25) is 9.69 Å². The number of methoxy groups -OCH3 is 2. The molecule has 1 heterocycles. The number of carboxylic acid groups (broad SMARTS) is 1. The Balaban J connectivity index is 1.48. The number of aliphatic imine (C=N–C) groups is 1. The quantitative estimate of drug-likeness (QED) is 0.420. The Hall–Kier alpha value is -4.24. The van der Waals surface area contributed by atoms with Gasteiger partial charge in [0, 0.05) is 7.05 Å². The van der Waals surface area contributed by atoms with E-state index in [1.165, 1.54) is 28.8 Å². The summed E-state index contributed by atoms with van der Waals surface area (Å²) in [5.74, 6) is 0.670. The number of carbonyl (C=O) groups is 2. The number of carboxylic acids is 1. The Kier molecular flexibility index (Phi) is 7.60. The van der Waals surface area contributed by atoms with Gasteiger partial charge >= 0.3 is 5.97 Å². The molecular formula is C27H24N2O6S. The van der Waals surface area contributed by atoms with Gasteiger partial charge in [0.25, 0.3) is 5.91 Å². The lowest BCUT2D eigenvalue weighted by Crippen LogP contribution is -2.23. The number of amides is 1. The summed E-state index contributed by atoms with van der Waals surface area (Å²) in [6.07, 6.45) is 1.79. The number of carbonyl (C=O) groups excluding carboxylic acids is 1. The van der Waals surface area contributed by atoms with Crippen molar-refractivity contribution in [2.24, 2.45) is 4.99 Å². The number of thioether (sulfide) groups is 1. The number of hydrogen-bond donors (Lipinski definition) is 1. The molecule has 0 bridgehead atoms. The maximum atomic E-state index is 12.8. The summed E-state index contributed by atoms with van der Waals surface area (Å²) in [5.41, 5.74) is 2.55. The van der Waals surface area contributed by atoms with E-state index in [1.54, 1.807) is 51.6 Å². The zero-order valence-corrected chi connectivity index (χ0v) is 20.7. The van der Waals surface area contributed by atoms with Gasteiger partial charge in [0.05, 0.1) is 30.4 Å². The number of hydrogen-bond acceptors (Lipinski definition) is 7. The van der Waals surface area contributed by atoms with Gasteiger partial charge in [0.1, 0.15) is 12.4 Å². The minimum Gasteiger partial charge on any atom is -0.497 e. The molecule has 0 saturated carbocycles. The standard InChI is InChI=1S/C27H24N2O6S/c1-29-25(30)24(36-27(29)28-20-9-11-21(33-2)12-10-20)15-18-6-13-22(23(14-18)34-3)35-16-17-4-7-19(8-5-17)26(31)32/h4-15H,16H2,1-3H3,(H,31,32)/b24-15-,28-27?. The van der Waals surface area contributed by atoms with E-state index in [1.807, 2.05) is 30.3 Å². The van der Waals surface area contributed by atoms with Crippen LogP contribution >= 0.6 is 11.8 Å². The molecule has 36 heavy (non-hydrogen) atoms. The van der Waals surface area contributed by atoms with Crippen LogP contribution in [0.15, 0.2) is 76.6 Å². The van der Waals surface area contributed by atoms with Gasteiger partial charge in [-0.1, -0.05) is 18.2 Å². The van der Waals surface area contributed by atoms with Crippen molar-refractivity contribution < 1.29 is 28.9 Å². The smallest absolute Gasteiger partial charge is 0.335 e. The van der Waals surface area contributed by atoms with Crippen molar-refractivity contribution in [3.63, 3.8) is 0 Å². The summed E-state index contributed by atoms with van der Waals surface area (Å²) >= 11 is 1.30. The first-order valence-electron chi connectivity index (χ1n) is 10.9. The zero-order chi connectivity index (χ0) is 25.7. The number of likely N-dealkylation sites (N-methyl/N-ethyl adjacent to an activating group) is 1. The van der Waals surface area contributed by atoms with Crippen LogP contribution in [0.2, 0.25) is 0 Å². The fourth-order valence-corrected chi connectivity index (χ4v) is 4.35. The van der Waals surface area contributed by atoms with Crippen molar-refractivity contribution in [3.05, 3.63) is 88.3 Å². The van der Waals surface area contributed by atoms with Crippen molar-refractivity contribution in [3.8, 4) is 17.2 Å². The topological polar surface area (TPSA) is 97.7 Å². The van der Waals surface area contributed by atoms with Crippen LogP contribution in [0.4, 0.5) is 5.69 Å². The van der Waals surface area contributed by atoms with Crippen LogP contribution in [-0.4, -0.2) is 48.3 Å². The molecule has 1 saturated heterocycles. The first-order valence-corrected chi connectivity index (χ1v) is 11.7. The van der Waals surface area contributed by atoms with E-state index in [4.69, 9.17) is 19.3 Å². The highest BCUT2D eigenvalue weighted by Crippen LogP contribution is 2.35. The molecule has 0 aromatic heterocycles. The third-order valence-electron chi connectivity index (χ3n) is 5.38. The molecule has 1 aliphatic rings. The first-order chi connectivity index (χ1) is 17.4. The average Bonchev–Trinajstić information content (AvgIpc) is 3.16. The second-order valence-electron chi connectivity index (χ2n) is 7.77. The third kappa shape index (κ3) is 5.69. The van der Waals surface area contributed by atoms with Crippen molar-refractivity contribution in [2.75, 3.05) is 21.3 Å². The van der Waals surface area contributed by atoms with Crippen LogP contribution in [-0.2, 0) is 11.4 Å². The summed E-state index contributed by atoms with van der Waals surface area (Å²) in [4.78, 5) is 30.4. The van der Waals surface area contributed by atoms with Crippen molar-refractivity contribution >= 4 is 40.6 Å². The molecule has 1 fully saturated rings. The molecule has 1 N–H and O–H groups in total. The SMILES string of the molecule is COc1ccc(N=C2S/C(=C\c3ccc(OCc4ccc(C(=O)O)cc4)c(OC)c3)C(=O)N2C)cc1. The molecule has 0 radical (unpaired) electrons. The Bertz CT molecular complexity index is 1330. The first kappa shape index (κ1) is 24.9. The number of nitrogens with zero attached hydrogens (tertiary/aromatic N) is 2. The second kappa shape index (κ2) is 11.0. The van der Waals surface area contributed by atoms with Gasteiger partial charge < -0.3 is 19.3 Å². The van der Waals surface area contributed by atoms with E-state index in [9.17, 15) is 9.59 Å². The monoisotopic (exact) mass is 504 g/mol. The van der Waals surface area contributed by atoms with Gasteiger partial charge in [-0.2, -0.15) is 0 Å². The fraction of sp³-hybridized carbons (Fsp3) is 0.148. The minimum absolute atomic E-state index is 0.142. The molecule has 184 valence electrons. The fourth-order valence-electron chi connectivity index (χ4n) is 3.37. The van der Waals surface area contributed by atoms with Crippen LogP contribution in [0.1, 0.15) is 21.5 Å². The lowest BCUT2D eigenvalue weighted by atomic mass is 10.1. The van der Waals surface area contributed by atoms with E-state index >= 15 is 0 Å². The maximum absolute atomic E-state index is 12.8. The zero-order valence-electron chi connectivity index (χ0n) is 19.9. The van der Waals surface area contributed by atoms with Crippen LogP contribution in [0, 0.1) is 0 Å². The lowest BCUT2D eigenvalue weighted by molar-refractivity contribution is -0.121. The molecule has 0 spiro atoms. The van der Waals surface area contributed by atoms with Gasteiger partial charge in [0.15, 0.2) is 16.7 Å². The average molecular weight is 505 g/mol. The molecule has 1 aliphatic heterocycles. The van der Waals surface area contributed by atoms with Gasteiger partial charge in [-0.25, -0.2) is 9.79 Å². The van der Waals surface area contributed by atoms with Gasteiger partial charge in [0.2, 0.25) is 0 Å². The Labute approximate surface area is 212 Å². The number of amidine groups is 1. The summed E-state index contributed by atoms with van der Waals surface area (Å²) in [7, 11) is 4.84. The molecule has 4 rings (SSSR count). The molecule has 0 aliphatic carbocycles. The predicted molar refractivity (Wildman–Crippen MR) is 139 cm³/mol. The molecule has 0 unspecified atom stereocenters. The Morgan fingerprint density at radius 3 is 2.36 bits per heavy atom. The van der Waals surface area contributed by atoms with E-state index in [0.717, 1.165) is 22.6 Å². The van der Waals surface area contributed by atoms with E-state index in [0.29, 0.717) is 21.6 Å². The highest BCUT2D eigenvalue weighted by Gasteiger charge is 2.30. The number of ether oxygens (including phenoxy) is 3. The van der Waals surface area contributed by atoms with Gasteiger partial charge in [-0.15, -0.1) is 0 Å². The largest absolute Gasteiger partial charge is 0.497 e. The number of benzene rings is 3. The predicted octanol–water partition coefficient (Wildman–Crippen LogP) is 5.21. The molecule has 9 heteroatoms.